The van der Waals surface area contributed by atoms with Crippen LogP contribution in [-0.4, -0.2) is 20.0 Å². The first-order valence-corrected chi connectivity index (χ1v) is 12.2. The Morgan fingerprint density at radius 2 is 1.83 bits per heavy atom. The summed E-state index contributed by atoms with van der Waals surface area (Å²) in [4.78, 5) is 4.64. The number of fused-ring (bicyclic) bond motifs is 1. The first-order valence-electron chi connectivity index (χ1n) is 12.2. The lowest BCUT2D eigenvalue weighted by atomic mass is 9.55. The number of nitrogens with zero attached hydrogens (tertiary/aromatic N) is 4. The molecule has 2 heterocycles. The number of ether oxygens (including phenoxy) is 1. The van der Waals surface area contributed by atoms with Gasteiger partial charge in [0, 0.05) is 23.4 Å². The first kappa shape index (κ1) is 22.4. The van der Waals surface area contributed by atoms with Crippen LogP contribution in [0.25, 0.3) is 22.2 Å². The fraction of sp³-hybridized carbons (Fsp3) is 0.233. The molecule has 0 saturated heterocycles. The van der Waals surface area contributed by atoms with E-state index in [1.165, 1.54) is 23.3 Å². The molecule has 5 aromatic rings. The molecule has 180 valence electrons. The quantitative estimate of drug-likeness (QED) is 0.281. The predicted molar refractivity (Wildman–Crippen MR) is 138 cm³/mol. The number of benzene rings is 3. The van der Waals surface area contributed by atoms with E-state index in [-0.39, 0.29) is 11.2 Å². The Kier molecular flexibility index (Phi) is 5.52. The van der Waals surface area contributed by atoms with Gasteiger partial charge in [0.15, 0.2) is 0 Å². The van der Waals surface area contributed by atoms with Gasteiger partial charge in [0.1, 0.15) is 23.9 Å². The van der Waals surface area contributed by atoms with Crippen LogP contribution in [0.3, 0.4) is 0 Å². The number of halogens is 1. The third-order valence-electron chi connectivity index (χ3n) is 7.20. The summed E-state index contributed by atoms with van der Waals surface area (Å²) in [5.41, 5.74) is 5.92. The summed E-state index contributed by atoms with van der Waals surface area (Å²) in [6.45, 7) is 2.63. The van der Waals surface area contributed by atoms with E-state index in [4.69, 9.17) is 4.74 Å². The lowest BCUT2D eigenvalue weighted by Gasteiger charge is -2.48. The van der Waals surface area contributed by atoms with Crippen LogP contribution in [0, 0.1) is 11.7 Å². The Balaban J connectivity index is 1.37. The molecule has 3 aromatic carbocycles. The van der Waals surface area contributed by atoms with Crippen molar-refractivity contribution < 1.29 is 9.13 Å². The highest BCUT2D eigenvalue weighted by Crippen LogP contribution is 2.54. The minimum absolute atomic E-state index is 0.0990. The van der Waals surface area contributed by atoms with Crippen LogP contribution in [0.4, 0.5) is 4.39 Å². The van der Waals surface area contributed by atoms with Crippen LogP contribution < -0.4 is 4.74 Å². The Labute approximate surface area is 209 Å². The second-order valence-corrected chi connectivity index (χ2v) is 9.87. The molecule has 1 aliphatic rings. The molecule has 6 rings (SSSR count). The molecule has 0 aliphatic heterocycles. The van der Waals surface area contributed by atoms with Gasteiger partial charge in [-0.15, -0.1) is 5.10 Å². The van der Waals surface area contributed by atoms with Crippen molar-refractivity contribution in [3.05, 3.63) is 108 Å². The van der Waals surface area contributed by atoms with E-state index in [2.05, 4.69) is 64.7 Å². The highest BCUT2D eigenvalue weighted by atomic mass is 19.1. The van der Waals surface area contributed by atoms with Crippen LogP contribution in [-0.2, 0) is 19.1 Å². The highest BCUT2D eigenvalue weighted by molar-refractivity contribution is 5.78. The van der Waals surface area contributed by atoms with Crippen molar-refractivity contribution in [2.24, 2.45) is 13.0 Å². The van der Waals surface area contributed by atoms with E-state index in [0.29, 0.717) is 12.5 Å². The summed E-state index contributed by atoms with van der Waals surface area (Å²) in [5, 5.41) is 9.38. The molecule has 1 fully saturated rings. The van der Waals surface area contributed by atoms with Crippen LogP contribution in [0.15, 0.2) is 85.1 Å². The van der Waals surface area contributed by atoms with Crippen molar-refractivity contribution in [3.8, 4) is 17.0 Å². The molecule has 0 spiro atoms. The second kappa shape index (κ2) is 8.86. The summed E-state index contributed by atoms with van der Waals surface area (Å²) < 4.78 is 21.5. The zero-order valence-electron chi connectivity index (χ0n) is 20.4. The molecule has 1 saturated carbocycles. The second-order valence-electron chi connectivity index (χ2n) is 9.87. The van der Waals surface area contributed by atoms with Gasteiger partial charge in [-0.1, -0.05) is 48.5 Å². The van der Waals surface area contributed by atoms with E-state index in [1.807, 2.05) is 31.4 Å². The van der Waals surface area contributed by atoms with E-state index in [9.17, 15) is 4.39 Å². The molecule has 2 aromatic heterocycles. The Hall–Kier alpha value is -4.06. The number of hydrogen-bond acceptors (Lipinski definition) is 4. The molecule has 0 N–H and O–H groups in total. The Bertz CT molecular complexity index is 1540. The van der Waals surface area contributed by atoms with Crippen LogP contribution >= 0.6 is 0 Å². The fourth-order valence-electron chi connectivity index (χ4n) is 5.58. The maximum absolute atomic E-state index is 13.5. The number of pyridine rings is 1. The van der Waals surface area contributed by atoms with Gasteiger partial charge >= 0.3 is 0 Å². The maximum atomic E-state index is 13.5. The lowest BCUT2D eigenvalue weighted by Crippen LogP contribution is -2.41. The third-order valence-corrected chi connectivity index (χ3v) is 7.20. The van der Waals surface area contributed by atoms with Gasteiger partial charge in [-0.3, -0.25) is 4.68 Å². The van der Waals surface area contributed by atoms with Gasteiger partial charge in [0.25, 0.3) is 0 Å². The van der Waals surface area contributed by atoms with Gasteiger partial charge in [0.2, 0.25) is 0 Å². The molecule has 1 aliphatic carbocycles. The molecule has 0 atom stereocenters. The Morgan fingerprint density at radius 3 is 2.58 bits per heavy atom. The average Bonchev–Trinajstić information content (AvgIpc) is 3.31. The maximum Gasteiger partial charge on any atom is 0.130 e. The summed E-state index contributed by atoms with van der Waals surface area (Å²) in [6, 6.07) is 25.4. The van der Waals surface area contributed by atoms with E-state index in [1.54, 1.807) is 10.7 Å². The van der Waals surface area contributed by atoms with Gasteiger partial charge in [0.05, 0.1) is 17.4 Å². The van der Waals surface area contributed by atoms with Gasteiger partial charge in [-0.2, -0.15) is 0 Å². The zero-order chi connectivity index (χ0) is 24.7. The van der Waals surface area contributed by atoms with Crippen molar-refractivity contribution in [2.45, 2.75) is 31.8 Å². The SMILES string of the molecule is CC1CC(c2ccccc2)(c2cc(OCc3ccc4cc(F)ccc4n3)ccc2-c2cn(C)nn2)C1. The molecule has 5 nitrogen and oxygen atoms in total. The third kappa shape index (κ3) is 4.02. The molecular formula is C30H27FN4O. The summed E-state index contributed by atoms with van der Waals surface area (Å²) in [7, 11) is 1.89. The molecule has 0 unspecified atom stereocenters. The molecule has 0 radical (unpaired) electrons. The molecule has 36 heavy (non-hydrogen) atoms. The van der Waals surface area contributed by atoms with Crippen molar-refractivity contribution in [2.75, 3.05) is 0 Å². The van der Waals surface area contributed by atoms with Crippen LogP contribution in [0.5, 0.6) is 5.75 Å². The summed E-state index contributed by atoms with van der Waals surface area (Å²) in [5.74, 6) is 1.16. The average molecular weight is 479 g/mol. The number of aromatic nitrogens is 4. The predicted octanol–water partition coefficient (Wildman–Crippen LogP) is 6.46. The largest absolute Gasteiger partial charge is 0.487 e. The van der Waals surface area contributed by atoms with Crippen molar-refractivity contribution in [1.82, 2.24) is 20.0 Å². The van der Waals surface area contributed by atoms with Crippen molar-refractivity contribution in [1.29, 1.82) is 0 Å². The summed E-state index contributed by atoms with van der Waals surface area (Å²) in [6.07, 6.45) is 4.09. The highest BCUT2D eigenvalue weighted by Gasteiger charge is 2.46. The lowest BCUT2D eigenvalue weighted by molar-refractivity contribution is 0.200. The molecule has 6 heteroatoms. The van der Waals surface area contributed by atoms with E-state index < -0.39 is 0 Å². The standard InChI is InChI=1S/C30H27FN4O/c1-20-16-30(17-20,22-6-4-3-5-7-22)27-15-25(11-12-26(27)29-18-35(2)34-33-29)36-19-24-10-8-21-14-23(31)9-13-28(21)32-24/h3-15,18,20H,16-17,19H2,1-2H3. The minimum Gasteiger partial charge on any atom is -0.487 e. The molecule has 0 bridgehead atoms. The number of rotatable bonds is 6. The first-order chi connectivity index (χ1) is 17.5. The smallest absolute Gasteiger partial charge is 0.130 e. The normalized spacial score (nSPS) is 19.2. The molecular weight excluding hydrogens is 451 g/mol. The fourth-order valence-corrected chi connectivity index (χ4v) is 5.58. The minimum atomic E-state index is -0.262. The number of aryl methyl sites for hydroxylation is 1. The zero-order valence-corrected chi connectivity index (χ0v) is 20.4. The van der Waals surface area contributed by atoms with Gasteiger partial charge < -0.3 is 4.74 Å². The van der Waals surface area contributed by atoms with Crippen LogP contribution in [0.1, 0.15) is 36.6 Å². The van der Waals surface area contributed by atoms with Crippen molar-refractivity contribution in [3.63, 3.8) is 0 Å². The monoisotopic (exact) mass is 478 g/mol. The molecule has 0 amide bonds. The van der Waals surface area contributed by atoms with Crippen LogP contribution in [0.2, 0.25) is 0 Å². The van der Waals surface area contributed by atoms with Gasteiger partial charge in [-0.25, -0.2) is 9.37 Å². The van der Waals surface area contributed by atoms with Crippen molar-refractivity contribution >= 4 is 10.9 Å². The van der Waals surface area contributed by atoms with Gasteiger partial charge in [-0.05, 0) is 72.4 Å². The van der Waals surface area contributed by atoms with E-state index >= 15 is 0 Å². The van der Waals surface area contributed by atoms with E-state index in [0.717, 1.165) is 46.4 Å². The number of hydrogen-bond donors (Lipinski definition) is 0. The summed E-state index contributed by atoms with van der Waals surface area (Å²) >= 11 is 0. The topological polar surface area (TPSA) is 52.8 Å². The Morgan fingerprint density at radius 1 is 1.00 bits per heavy atom.